The van der Waals surface area contributed by atoms with Crippen LogP contribution in [0.5, 0.6) is 0 Å². The predicted molar refractivity (Wildman–Crippen MR) is 56.7 cm³/mol. The zero-order valence-electron chi connectivity index (χ0n) is 7.61. The number of aromatic carboxylic acids is 1. The molecule has 0 radical (unpaired) electrons. The third-order valence-corrected chi connectivity index (χ3v) is 2.91. The summed E-state index contributed by atoms with van der Waals surface area (Å²) in [6, 6.07) is 7.55. The Hall–Kier alpha value is -1.68. The first kappa shape index (κ1) is 9.86. The van der Waals surface area contributed by atoms with Crippen LogP contribution in [-0.4, -0.2) is 11.1 Å². The fraction of sp³-hybridized carbons (Fsp3) is 0. The molecule has 4 heteroatoms. The Morgan fingerprint density at radius 1 is 1.20 bits per heavy atom. The molecule has 2 rings (SSSR count). The van der Waals surface area contributed by atoms with Crippen molar-refractivity contribution >= 4 is 17.3 Å². The van der Waals surface area contributed by atoms with E-state index in [9.17, 15) is 9.18 Å². The molecule has 0 aliphatic carbocycles. The first-order chi connectivity index (χ1) is 7.16. The van der Waals surface area contributed by atoms with Gasteiger partial charge in [0.1, 0.15) is 10.7 Å². The van der Waals surface area contributed by atoms with Gasteiger partial charge in [0.25, 0.3) is 0 Å². The molecular formula is C11H7FO2S. The van der Waals surface area contributed by atoms with Gasteiger partial charge in [-0.05, 0) is 34.7 Å². The third-order valence-electron chi connectivity index (χ3n) is 1.99. The summed E-state index contributed by atoms with van der Waals surface area (Å²) in [6.07, 6.45) is 0. The van der Waals surface area contributed by atoms with E-state index >= 15 is 0 Å². The molecule has 0 spiro atoms. The summed E-state index contributed by atoms with van der Waals surface area (Å²) in [5.41, 5.74) is 1.62. The summed E-state index contributed by atoms with van der Waals surface area (Å²) < 4.78 is 12.6. The van der Waals surface area contributed by atoms with Crippen LogP contribution in [0.1, 0.15) is 9.67 Å². The molecule has 0 saturated heterocycles. The summed E-state index contributed by atoms with van der Waals surface area (Å²) in [6.45, 7) is 0. The zero-order valence-corrected chi connectivity index (χ0v) is 8.42. The van der Waals surface area contributed by atoms with E-state index in [0.717, 1.165) is 22.5 Å². The van der Waals surface area contributed by atoms with E-state index in [0.29, 0.717) is 0 Å². The lowest BCUT2D eigenvalue weighted by Crippen LogP contribution is -1.89. The Bertz CT molecular complexity index is 488. The summed E-state index contributed by atoms with van der Waals surface area (Å²) in [5.74, 6) is -1.24. The first-order valence-corrected chi connectivity index (χ1v) is 5.12. The second-order valence-electron chi connectivity index (χ2n) is 3.01. The average Bonchev–Trinajstić information content (AvgIpc) is 2.68. The van der Waals surface area contributed by atoms with Gasteiger partial charge in [-0.25, -0.2) is 9.18 Å². The topological polar surface area (TPSA) is 37.3 Å². The van der Waals surface area contributed by atoms with E-state index in [1.807, 2.05) is 0 Å². The first-order valence-electron chi connectivity index (χ1n) is 4.24. The van der Waals surface area contributed by atoms with Crippen LogP contribution in [0.15, 0.2) is 35.7 Å². The second kappa shape index (κ2) is 3.82. The van der Waals surface area contributed by atoms with Crippen LogP contribution in [0.3, 0.4) is 0 Å². The highest BCUT2D eigenvalue weighted by molar-refractivity contribution is 7.12. The monoisotopic (exact) mass is 222 g/mol. The second-order valence-corrected chi connectivity index (χ2v) is 3.92. The Kier molecular flexibility index (Phi) is 2.51. The number of carbonyl (C=O) groups is 1. The van der Waals surface area contributed by atoms with Crippen molar-refractivity contribution in [2.45, 2.75) is 0 Å². The molecule has 2 nitrogen and oxygen atoms in total. The van der Waals surface area contributed by atoms with Crippen LogP contribution >= 0.6 is 11.3 Å². The molecule has 0 saturated carbocycles. The van der Waals surface area contributed by atoms with Gasteiger partial charge >= 0.3 is 5.97 Å². The molecule has 0 unspecified atom stereocenters. The van der Waals surface area contributed by atoms with Crippen molar-refractivity contribution in [1.82, 2.24) is 0 Å². The zero-order chi connectivity index (χ0) is 10.8. The molecule has 0 aliphatic rings. The molecule has 0 atom stereocenters. The Morgan fingerprint density at radius 2 is 1.87 bits per heavy atom. The van der Waals surface area contributed by atoms with Gasteiger partial charge in [0.2, 0.25) is 0 Å². The van der Waals surface area contributed by atoms with Crippen LogP contribution in [0, 0.1) is 5.82 Å². The quantitative estimate of drug-likeness (QED) is 0.846. The van der Waals surface area contributed by atoms with Crippen LogP contribution < -0.4 is 0 Å². The molecule has 1 aromatic carbocycles. The number of rotatable bonds is 2. The van der Waals surface area contributed by atoms with Crippen molar-refractivity contribution in [3.05, 3.63) is 46.4 Å². The molecule has 1 heterocycles. The third kappa shape index (κ3) is 2.05. The van der Waals surface area contributed by atoms with E-state index in [1.54, 1.807) is 23.6 Å². The van der Waals surface area contributed by atoms with Gasteiger partial charge in [0.05, 0.1) is 0 Å². The van der Waals surface area contributed by atoms with Gasteiger partial charge in [0, 0.05) is 0 Å². The summed E-state index contributed by atoms with van der Waals surface area (Å²) in [5, 5.41) is 10.5. The smallest absolute Gasteiger partial charge is 0.345 e. The minimum Gasteiger partial charge on any atom is -0.477 e. The number of hydrogen-bond donors (Lipinski definition) is 1. The fourth-order valence-electron chi connectivity index (χ4n) is 1.24. The maximum atomic E-state index is 12.6. The van der Waals surface area contributed by atoms with Gasteiger partial charge < -0.3 is 5.11 Å². The minimum atomic E-state index is -0.937. The van der Waals surface area contributed by atoms with E-state index in [2.05, 4.69) is 0 Å². The number of thiophene rings is 1. The van der Waals surface area contributed by atoms with Crippen molar-refractivity contribution in [1.29, 1.82) is 0 Å². The summed E-state index contributed by atoms with van der Waals surface area (Å²) in [7, 11) is 0. The molecule has 76 valence electrons. The Labute approximate surface area is 89.6 Å². The van der Waals surface area contributed by atoms with Crippen LogP contribution in [0.25, 0.3) is 11.1 Å². The predicted octanol–water partition coefficient (Wildman–Crippen LogP) is 3.25. The van der Waals surface area contributed by atoms with Crippen molar-refractivity contribution < 1.29 is 14.3 Å². The van der Waals surface area contributed by atoms with Crippen LogP contribution in [0.4, 0.5) is 4.39 Å². The fourth-order valence-corrected chi connectivity index (χ4v) is 2.00. The molecular weight excluding hydrogens is 215 g/mol. The minimum absolute atomic E-state index is 0.286. The number of carboxylic acids is 1. The highest BCUT2D eigenvalue weighted by Crippen LogP contribution is 2.25. The van der Waals surface area contributed by atoms with Crippen molar-refractivity contribution in [3.8, 4) is 11.1 Å². The SMILES string of the molecule is O=C(O)c1cc(-c2ccc(F)cc2)cs1. The molecule has 0 bridgehead atoms. The van der Waals surface area contributed by atoms with E-state index in [1.165, 1.54) is 12.1 Å². The molecule has 0 aliphatic heterocycles. The number of halogens is 1. The number of benzene rings is 1. The molecule has 15 heavy (non-hydrogen) atoms. The summed E-state index contributed by atoms with van der Waals surface area (Å²) in [4.78, 5) is 10.9. The number of carboxylic acid groups (broad SMARTS) is 1. The van der Waals surface area contributed by atoms with Crippen molar-refractivity contribution in [2.75, 3.05) is 0 Å². The van der Waals surface area contributed by atoms with E-state index in [-0.39, 0.29) is 10.7 Å². The van der Waals surface area contributed by atoms with Gasteiger partial charge in [-0.15, -0.1) is 11.3 Å². The van der Waals surface area contributed by atoms with Crippen LogP contribution in [0.2, 0.25) is 0 Å². The molecule has 0 amide bonds. The van der Waals surface area contributed by atoms with Crippen molar-refractivity contribution in [3.63, 3.8) is 0 Å². The Morgan fingerprint density at radius 3 is 2.40 bits per heavy atom. The number of hydrogen-bond acceptors (Lipinski definition) is 2. The normalized spacial score (nSPS) is 10.2. The lowest BCUT2D eigenvalue weighted by atomic mass is 10.1. The largest absolute Gasteiger partial charge is 0.477 e. The maximum Gasteiger partial charge on any atom is 0.345 e. The lowest BCUT2D eigenvalue weighted by Gasteiger charge is -1.95. The molecule has 2 aromatic rings. The highest BCUT2D eigenvalue weighted by atomic mass is 32.1. The van der Waals surface area contributed by atoms with Gasteiger partial charge in [0.15, 0.2) is 0 Å². The molecule has 1 aromatic heterocycles. The maximum absolute atomic E-state index is 12.6. The lowest BCUT2D eigenvalue weighted by molar-refractivity contribution is 0.0702. The average molecular weight is 222 g/mol. The van der Waals surface area contributed by atoms with E-state index < -0.39 is 5.97 Å². The standard InChI is InChI=1S/C11H7FO2S/c12-9-3-1-7(2-4-9)8-5-10(11(13)14)15-6-8/h1-6H,(H,13,14). The van der Waals surface area contributed by atoms with Gasteiger partial charge in [-0.2, -0.15) is 0 Å². The van der Waals surface area contributed by atoms with Crippen LogP contribution in [-0.2, 0) is 0 Å². The highest BCUT2D eigenvalue weighted by Gasteiger charge is 2.07. The summed E-state index contributed by atoms with van der Waals surface area (Å²) >= 11 is 1.16. The Balaban J connectivity index is 2.37. The van der Waals surface area contributed by atoms with Gasteiger partial charge in [-0.3, -0.25) is 0 Å². The van der Waals surface area contributed by atoms with E-state index in [4.69, 9.17) is 5.11 Å². The molecule has 1 N–H and O–H groups in total. The van der Waals surface area contributed by atoms with Crippen molar-refractivity contribution in [2.24, 2.45) is 0 Å². The van der Waals surface area contributed by atoms with Gasteiger partial charge in [-0.1, -0.05) is 12.1 Å². The molecule has 0 fully saturated rings.